The lowest BCUT2D eigenvalue weighted by Gasteiger charge is -2.44. The van der Waals surface area contributed by atoms with Gasteiger partial charge in [0.2, 0.25) is 0 Å². The second-order valence-electron chi connectivity index (χ2n) is 10.3. The molecule has 1 aromatic heterocycles. The molecule has 3 unspecified atom stereocenters. The van der Waals surface area contributed by atoms with Gasteiger partial charge in [-0.15, -0.1) is 0 Å². The predicted molar refractivity (Wildman–Crippen MR) is 120 cm³/mol. The average molecular weight is 434 g/mol. The molecule has 0 spiro atoms. The molecule has 1 aromatic rings. The molecule has 0 bridgehead atoms. The van der Waals surface area contributed by atoms with Crippen LogP contribution in [0.1, 0.15) is 31.2 Å². The van der Waals surface area contributed by atoms with E-state index >= 15 is 0 Å². The molecule has 1 N–H and O–H groups in total. The molecule has 0 saturated carbocycles. The van der Waals surface area contributed by atoms with Crippen molar-refractivity contribution >= 4 is 25.8 Å². The van der Waals surface area contributed by atoms with Crippen molar-refractivity contribution in [2.45, 2.75) is 57.4 Å². The van der Waals surface area contributed by atoms with Gasteiger partial charge in [-0.25, -0.2) is 14.8 Å². The molecule has 4 heterocycles. The third-order valence-corrected chi connectivity index (χ3v) is 8.43. The van der Waals surface area contributed by atoms with E-state index in [2.05, 4.69) is 46.3 Å². The minimum Gasteiger partial charge on any atom is -0.465 e. The third kappa shape index (κ3) is 4.27. The quantitative estimate of drug-likeness (QED) is 0.544. The van der Waals surface area contributed by atoms with E-state index in [9.17, 15) is 9.90 Å². The molecule has 0 radical (unpaired) electrons. The Morgan fingerprint density at radius 3 is 2.73 bits per heavy atom. The molecule has 3 atom stereocenters. The van der Waals surface area contributed by atoms with Crippen LogP contribution in [0.5, 0.6) is 0 Å². The van der Waals surface area contributed by atoms with Crippen LogP contribution in [-0.2, 0) is 4.74 Å². The van der Waals surface area contributed by atoms with Gasteiger partial charge in [0.25, 0.3) is 0 Å². The summed E-state index contributed by atoms with van der Waals surface area (Å²) in [6.07, 6.45) is 2.74. The number of nitrogens with zero attached hydrogens (tertiary/aromatic N) is 5. The standard InChI is InChI=1S/C21H35N5O3Si/c1-15-10-26(16-6-5-7-24(11-16)21(27)28)20-18-17(15)12-25(19(18)22-13-23-20)14-29-8-9-30(2,3)4/h13,15-17H,5-12,14H2,1-4H3,(H,27,28). The van der Waals surface area contributed by atoms with Crippen LogP contribution in [0, 0.1) is 5.92 Å². The number of hydrogen-bond donors (Lipinski definition) is 1. The van der Waals surface area contributed by atoms with Gasteiger partial charge in [0, 0.05) is 58.4 Å². The zero-order chi connectivity index (χ0) is 21.5. The second kappa shape index (κ2) is 8.34. The van der Waals surface area contributed by atoms with E-state index < -0.39 is 14.2 Å². The SMILES string of the molecule is CC1CN(C2CCCN(C(=O)O)C2)c2ncnc3c2C1CN3COCC[Si](C)(C)C. The fourth-order valence-electron chi connectivity index (χ4n) is 4.97. The van der Waals surface area contributed by atoms with Crippen molar-refractivity contribution < 1.29 is 14.6 Å². The lowest BCUT2D eigenvalue weighted by molar-refractivity contribution is 0.129. The maximum atomic E-state index is 11.5. The van der Waals surface area contributed by atoms with Crippen LogP contribution < -0.4 is 9.80 Å². The topological polar surface area (TPSA) is 82.0 Å². The van der Waals surface area contributed by atoms with Gasteiger partial charge in [-0.3, -0.25) is 0 Å². The lowest BCUT2D eigenvalue weighted by Crippen LogP contribution is -2.52. The Bertz CT molecular complexity index is 786. The summed E-state index contributed by atoms with van der Waals surface area (Å²) < 4.78 is 6.04. The minimum atomic E-state index is -1.10. The largest absolute Gasteiger partial charge is 0.465 e. The number of rotatable bonds is 6. The normalized spacial score (nSPS) is 26.1. The Balaban J connectivity index is 1.52. The van der Waals surface area contributed by atoms with Crippen LogP contribution in [0.25, 0.3) is 0 Å². The smallest absolute Gasteiger partial charge is 0.407 e. The Hall–Kier alpha value is -1.87. The molecule has 0 aromatic carbocycles. The zero-order valence-corrected chi connectivity index (χ0v) is 19.7. The highest BCUT2D eigenvalue weighted by Crippen LogP contribution is 2.47. The number of aromatic nitrogens is 2. The number of piperidine rings is 1. The lowest BCUT2D eigenvalue weighted by atomic mass is 9.84. The molecule has 30 heavy (non-hydrogen) atoms. The van der Waals surface area contributed by atoms with Gasteiger partial charge in [-0.1, -0.05) is 26.6 Å². The number of hydrogen-bond acceptors (Lipinski definition) is 6. The average Bonchev–Trinajstić information content (AvgIpc) is 3.08. The summed E-state index contributed by atoms with van der Waals surface area (Å²) in [4.78, 5) is 27.0. The summed E-state index contributed by atoms with van der Waals surface area (Å²) in [7, 11) is -1.10. The van der Waals surface area contributed by atoms with E-state index in [1.807, 2.05) is 0 Å². The van der Waals surface area contributed by atoms with Crippen LogP contribution >= 0.6 is 0 Å². The monoisotopic (exact) mass is 433 g/mol. The molecule has 3 aliphatic heterocycles. The number of ether oxygens (including phenoxy) is 1. The maximum Gasteiger partial charge on any atom is 0.407 e. The van der Waals surface area contributed by atoms with Crippen molar-refractivity contribution in [1.29, 1.82) is 0 Å². The van der Waals surface area contributed by atoms with Gasteiger partial charge < -0.3 is 24.5 Å². The first-order valence-electron chi connectivity index (χ1n) is 11.2. The molecular weight excluding hydrogens is 398 g/mol. The summed E-state index contributed by atoms with van der Waals surface area (Å²) >= 11 is 0. The maximum absolute atomic E-state index is 11.5. The van der Waals surface area contributed by atoms with Crippen molar-refractivity contribution in [3.8, 4) is 0 Å². The van der Waals surface area contributed by atoms with E-state index in [1.54, 1.807) is 11.2 Å². The number of likely N-dealkylation sites (tertiary alicyclic amines) is 1. The molecule has 1 saturated heterocycles. The first-order valence-corrected chi connectivity index (χ1v) is 14.9. The third-order valence-electron chi connectivity index (χ3n) is 6.72. The first-order chi connectivity index (χ1) is 14.2. The predicted octanol–water partition coefficient (Wildman–Crippen LogP) is 3.29. The fourth-order valence-corrected chi connectivity index (χ4v) is 5.72. The molecule has 0 aliphatic carbocycles. The number of carbonyl (C=O) groups is 1. The Morgan fingerprint density at radius 1 is 1.23 bits per heavy atom. The molecule has 9 heteroatoms. The van der Waals surface area contributed by atoms with Crippen molar-refractivity contribution in [2.24, 2.45) is 5.92 Å². The number of anilines is 2. The molecule has 8 nitrogen and oxygen atoms in total. The van der Waals surface area contributed by atoms with Crippen molar-refractivity contribution in [3.05, 3.63) is 11.9 Å². The van der Waals surface area contributed by atoms with Crippen LogP contribution in [0.4, 0.5) is 16.4 Å². The molecular formula is C21H35N5O3Si. The summed E-state index contributed by atoms with van der Waals surface area (Å²) in [6.45, 7) is 13.8. The molecule has 4 rings (SSSR count). The van der Waals surface area contributed by atoms with Gasteiger partial charge in [0.15, 0.2) is 0 Å². The van der Waals surface area contributed by atoms with Gasteiger partial charge >= 0.3 is 6.09 Å². The first kappa shape index (κ1) is 21.4. The van der Waals surface area contributed by atoms with Crippen LogP contribution in [0.3, 0.4) is 0 Å². The summed E-state index contributed by atoms with van der Waals surface area (Å²) in [5.41, 5.74) is 1.23. The molecule has 1 fully saturated rings. The van der Waals surface area contributed by atoms with Crippen LogP contribution in [0.15, 0.2) is 6.33 Å². The highest BCUT2D eigenvalue weighted by Gasteiger charge is 2.43. The van der Waals surface area contributed by atoms with Gasteiger partial charge in [0.05, 0.1) is 0 Å². The van der Waals surface area contributed by atoms with E-state index in [0.717, 1.165) is 50.2 Å². The Labute approximate surface area is 180 Å². The van der Waals surface area contributed by atoms with Crippen molar-refractivity contribution in [2.75, 3.05) is 49.3 Å². The molecule has 1 amide bonds. The fraction of sp³-hybridized carbons (Fsp3) is 0.762. The number of amides is 1. The summed E-state index contributed by atoms with van der Waals surface area (Å²) in [6, 6.07) is 1.34. The molecule has 166 valence electrons. The zero-order valence-electron chi connectivity index (χ0n) is 18.7. The van der Waals surface area contributed by atoms with Crippen LogP contribution in [-0.4, -0.2) is 79.7 Å². The highest BCUT2D eigenvalue weighted by atomic mass is 28.3. The van der Waals surface area contributed by atoms with E-state index in [1.165, 1.54) is 5.56 Å². The summed E-state index contributed by atoms with van der Waals surface area (Å²) in [5, 5.41) is 9.45. The Morgan fingerprint density at radius 2 is 2.00 bits per heavy atom. The highest BCUT2D eigenvalue weighted by molar-refractivity contribution is 6.76. The van der Waals surface area contributed by atoms with E-state index in [0.29, 0.717) is 31.7 Å². The van der Waals surface area contributed by atoms with Crippen molar-refractivity contribution in [3.63, 3.8) is 0 Å². The molecule has 3 aliphatic rings. The minimum absolute atomic E-state index is 0.180. The van der Waals surface area contributed by atoms with E-state index in [4.69, 9.17) is 4.74 Å². The van der Waals surface area contributed by atoms with Crippen LogP contribution in [0.2, 0.25) is 25.7 Å². The van der Waals surface area contributed by atoms with Crippen molar-refractivity contribution in [1.82, 2.24) is 14.9 Å². The summed E-state index contributed by atoms with van der Waals surface area (Å²) in [5.74, 6) is 2.88. The second-order valence-corrected chi connectivity index (χ2v) is 15.9. The van der Waals surface area contributed by atoms with Gasteiger partial charge in [-0.05, 0) is 24.8 Å². The van der Waals surface area contributed by atoms with E-state index in [-0.39, 0.29) is 6.04 Å². The van der Waals surface area contributed by atoms with Gasteiger partial charge in [0.1, 0.15) is 24.7 Å². The Kier molecular flexibility index (Phi) is 5.94. The van der Waals surface area contributed by atoms with Gasteiger partial charge in [-0.2, -0.15) is 0 Å². The number of carboxylic acid groups (broad SMARTS) is 1.